The first-order valence-corrected chi connectivity index (χ1v) is 8.30. The molecule has 7 heteroatoms. The summed E-state index contributed by atoms with van der Waals surface area (Å²) >= 11 is 12.7. The van der Waals surface area contributed by atoms with Crippen molar-refractivity contribution in [3.8, 4) is 5.75 Å². The summed E-state index contributed by atoms with van der Waals surface area (Å²) in [5.74, 6) is 1.15. The van der Waals surface area contributed by atoms with Crippen LogP contribution in [0, 0.1) is 0 Å². The van der Waals surface area contributed by atoms with Crippen molar-refractivity contribution in [1.29, 1.82) is 0 Å². The van der Waals surface area contributed by atoms with Crippen LogP contribution in [-0.2, 0) is 11.3 Å². The van der Waals surface area contributed by atoms with Crippen LogP contribution in [0.3, 0.4) is 0 Å². The van der Waals surface area contributed by atoms with Gasteiger partial charge in [-0.25, -0.2) is 0 Å². The minimum atomic E-state index is -0.136. The lowest BCUT2D eigenvalue weighted by molar-refractivity contribution is -0.122. The number of hydrogen-bond acceptors (Lipinski definition) is 5. The van der Waals surface area contributed by atoms with Gasteiger partial charge >= 0.3 is 0 Å². The molecule has 4 nitrogen and oxygen atoms in total. The molecule has 2 aromatic rings. The van der Waals surface area contributed by atoms with E-state index in [1.807, 2.05) is 12.1 Å². The standard InChI is InChI=1S/C16H12ClNO3S2/c1-20-13-5-4-10(7-12(13)17)8-14-15(19)18(16(22)23-14)9-11-3-2-6-21-11/h2-8H,9H2,1H3. The Morgan fingerprint density at radius 2 is 2.26 bits per heavy atom. The fraction of sp³-hybridized carbons (Fsp3) is 0.125. The number of furan rings is 1. The largest absolute Gasteiger partial charge is 0.495 e. The molecule has 3 rings (SSSR count). The number of rotatable bonds is 4. The number of carbonyl (C=O) groups is 1. The zero-order valence-corrected chi connectivity index (χ0v) is 14.5. The molecule has 0 bridgehead atoms. The van der Waals surface area contributed by atoms with Gasteiger partial charge in [0.2, 0.25) is 0 Å². The van der Waals surface area contributed by atoms with Crippen LogP contribution >= 0.6 is 35.6 Å². The van der Waals surface area contributed by atoms with Crippen LogP contribution in [0.2, 0.25) is 5.02 Å². The van der Waals surface area contributed by atoms with Gasteiger partial charge in [-0.3, -0.25) is 9.69 Å². The second-order valence-corrected chi connectivity index (χ2v) is 6.82. The van der Waals surface area contributed by atoms with Crippen molar-refractivity contribution in [2.24, 2.45) is 0 Å². The van der Waals surface area contributed by atoms with Crippen molar-refractivity contribution in [3.05, 3.63) is 57.8 Å². The van der Waals surface area contributed by atoms with Gasteiger partial charge in [0.25, 0.3) is 5.91 Å². The molecule has 1 aliphatic heterocycles. The highest BCUT2D eigenvalue weighted by Crippen LogP contribution is 2.34. The lowest BCUT2D eigenvalue weighted by Crippen LogP contribution is -2.27. The van der Waals surface area contributed by atoms with Gasteiger partial charge in [-0.1, -0.05) is 41.6 Å². The summed E-state index contributed by atoms with van der Waals surface area (Å²) < 4.78 is 10.9. The molecule has 23 heavy (non-hydrogen) atoms. The number of methoxy groups -OCH3 is 1. The highest BCUT2D eigenvalue weighted by atomic mass is 35.5. The van der Waals surface area contributed by atoms with E-state index in [2.05, 4.69) is 0 Å². The van der Waals surface area contributed by atoms with E-state index in [4.69, 9.17) is 33.0 Å². The third kappa shape index (κ3) is 3.44. The molecule has 0 unspecified atom stereocenters. The molecule has 0 aliphatic carbocycles. The maximum atomic E-state index is 12.5. The van der Waals surface area contributed by atoms with Crippen molar-refractivity contribution < 1.29 is 13.9 Å². The molecule has 1 aliphatic rings. The average molecular weight is 366 g/mol. The molecule has 1 saturated heterocycles. The first-order valence-electron chi connectivity index (χ1n) is 6.70. The Balaban J connectivity index is 1.82. The highest BCUT2D eigenvalue weighted by Gasteiger charge is 2.32. The van der Waals surface area contributed by atoms with Crippen molar-refractivity contribution in [1.82, 2.24) is 4.90 Å². The van der Waals surface area contributed by atoms with Crippen molar-refractivity contribution in [2.45, 2.75) is 6.54 Å². The van der Waals surface area contributed by atoms with Gasteiger partial charge in [0.15, 0.2) is 0 Å². The summed E-state index contributed by atoms with van der Waals surface area (Å²) in [4.78, 5) is 14.6. The van der Waals surface area contributed by atoms with Crippen LogP contribution < -0.4 is 4.74 Å². The van der Waals surface area contributed by atoms with E-state index in [0.29, 0.717) is 32.3 Å². The fourth-order valence-electron chi connectivity index (χ4n) is 2.12. The normalized spacial score (nSPS) is 16.4. The Hall–Kier alpha value is -1.76. The third-order valence-corrected chi connectivity index (χ3v) is 4.91. The van der Waals surface area contributed by atoms with Gasteiger partial charge < -0.3 is 9.15 Å². The first-order chi connectivity index (χ1) is 11.1. The summed E-state index contributed by atoms with van der Waals surface area (Å²) in [6, 6.07) is 8.94. The molecular formula is C16H12ClNO3S2. The minimum Gasteiger partial charge on any atom is -0.495 e. The number of thiocarbonyl (C=S) groups is 1. The van der Waals surface area contributed by atoms with E-state index < -0.39 is 0 Å². The van der Waals surface area contributed by atoms with E-state index in [1.54, 1.807) is 37.6 Å². The molecule has 2 heterocycles. The maximum absolute atomic E-state index is 12.5. The molecule has 0 spiro atoms. The fourth-order valence-corrected chi connectivity index (χ4v) is 3.64. The van der Waals surface area contributed by atoms with Crippen molar-refractivity contribution in [3.63, 3.8) is 0 Å². The van der Waals surface area contributed by atoms with Gasteiger partial charge in [0, 0.05) is 0 Å². The van der Waals surface area contributed by atoms with Crippen LogP contribution in [-0.4, -0.2) is 22.2 Å². The maximum Gasteiger partial charge on any atom is 0.266 e. The Morgan fingerprint density at radius 1 is 1.43 bits per heavy atom. The molecule has 0 saturated carbocycles. The van der Waals surface area contributed by atoms with Gasteiger partial charge in [0.05, 0.1) is 29.8 Å². The second kappa shape index (κ2) is 6.78. The molecule has 0 N–H and O–H groups in total. The van der Waals surface area contributed by atoms with Crippen molar-refractivity contribution in [2.75, 3.05) is 7.11 Å². The van der Waals surface area contributed by atoms with Crippen LogP contribution in [0.1, 0.15) is 11.3 Å². The number of halogens is 1. The number of hydrogen-bond donors (Lipinski definition) is 0. The topological polar surface area (TPSA) is 42.7 Å². The van der Waals surface area contributed by atoms with E-state index in [9.17, 15) is 4.79 Å². The van der Waals surface area contributed by atoms with Crippen LogP contribution in [0.25, 0.3) is 6.08 Å². The third-order valence-electron chi connectivity index (χ3n) is 3.24. The molecule has 118 valence electrons. The SMILES string of the molecule is COc1ccc(C=C2SC(=S)N(Cc3ccco3)C2=O)cc1Cl. The summed E-state index contributed by atoms with van der Waals surface area (Å²) in [6.45, 7) is 0.332. The minimum absolute atomic E-state index is 0.136. The van der Waals surface area contributed by atoms with Gasteiger partial charge in [0.1, 0.15) is 15.8 Å². The molecule has 1 aromatic heterocycles. The number of benzene rings is 1. The lowest BCUT2D eigenvalue weighted by Gasteiger charge is -2.12. The Labute approximate surface area is 148 Å². The Morgan fingerprint density at radius 3 is 2.91 bits per heavy atom. The molecular weight excluding hydrogens is 354 g/mol. The number of amides is 1. The Kier molecular flexibility index (Phi) is 4.75. The molecule has 0 radical (unpaired) electrons. The van der Waals surface area contributed by atoms with Crippen LogP contribution in [0.5, 0.6) is 5.75 Å². The van der Waals surface area contributed by atoms with Gasteiger partial charge in [-0.2, -0.15) is 0 Å². The van der Waals surface area contributed by atoms with Gasteiger partial charge in [-0.15, -0.1) is 0 Å². The number of carbonyl (C=O) groups excluding carboxylic acids is 1. The quantitative estimate of drug-likeness (QED) is 0.595. The molecule has 0 atom stereocenters. The van der Waals surface area contributed by atoms with Gasteiger partial charge in [-0.05, 0) is 35.9 Å². The molecule has 1 aromatic carbocycles. The number of ether oxygens (including phenoxy) is 1. The highest BCUT2D eigenvalue weighted by molar-refractivity contribution is 8.26. The summed E-state index contributed by atoms with van der Waals surface area (Å²) in [5, 5.41) is 0.493. The second-order valence-electron chi connectivity index (χ2n) is 4.74. The van der Waals surface area contributed by atoms with E-state index in [1.165, 1.54) is 16.7 Å². The van der Waals surface area contributed by atoms with E-state index in [-0.39, 0.29) is 5.91 Å². The monoisotopic (exact) mass is 365 g/mol. The first kappa shape index (κ1) is 16.1. The lowest BCUT2D eigenvalue weighted by atomic mass is 10.2. The summed E-state index contributed by atoms with van der Waals surface area (Å²) in [5.41, 5.74) is 0.814. The zero-order chi connectivity index (χ0) is 16.4. The number of thioether (sulfide) groups is 1. The molecule has 1 amide bonds. The van der Waals surface area contributed by atoms with E-state index >= 15 is 0 Å². The average Bonchev–Trinajstić information content (AvgIpc) is 3.12. The smallest absolute Gasteiger partial charge is 0.266 e. The predicted octanol–water partition coefficient (Wildman–Crippen LogP) is 4.34. The Bertz CT molecular complexity index is 787. The van der Waals surface area contributed by atoms with Crippen LogP contribution in [0.15, 0.2) is 45.9 Å². The molecule has 1 fully saturated rings. The number of nitrogens with zero attached hydrogens (tertiary/aromatic N) is 1. The van der Waals surface area contributed by atoms with Crippen LogP contribution in [0.4, 0.5) is 0 Å². The summed E-state index contributed by atoms with van der Waals surface area (Å²) in [7, 11) is 1.56. The van der Waals surface area contributed by atoms with E-state index in [0.717, 1.165) is 5.56 Å². The van der Waals surface area contributed by atoms with Crippen molar-refractivity contribution >= 4 is 51.9 Å². The predicted molar refractivity (Wildman–Crippen MR) is 95.4 cm³/mol. The summed E-state index contributed by atoms with van der Waals surface area (Å²) in [6.07, 6.45) is 3.34. The zero-order valence-electron chi connectivity index (χ0n) is 12.1.